The first-order chi connectivity index (χ1) is 29.2. The van der Waals surface area contributed by atoms with E-state index in [9.17, 15) is 19.2 Å². The van der Waals surface area contributed by atoms with E-state index < -0.39 is 12.2 Å². The third kappa shape index (κ3) is 8.03. The molecule has 4 amide bonds. The van der Waals surface area contributed by atoms with Gasteiger partial charge in [0.2, 0.25) is 11.8 Å². The van der Waals surface area contributed by atoms with Gasteiger partial charge in [-0.1, -0.05) is 36.4 Å². The highest BCUT2D eigenvalue weighted by atomic mass is 16.5. The summed E-state index contributed by atoms with van der Waals surface area (Å²) in [6, 6.07) is 21.1. The van der Waals surface area contributed by atoms with Crippen molar-refractivity contribution in [3.63, 3.8) is 0 Å². The zero-order valence-electron chi connectivity index (χ0n) is 34.4. The maximum Gasteiger partial charge on any atom is 0.407 e. The van der Waals surface area contributed by atoms with Crippen LogP contribution in [0.2, 0.25) is 0 Å². The van der Waals surface area contributed by atoms with Crippen LogP contribution in [0.25, 0.3) is 44.3 Å². The van der Waals surface area contributed by atoms with Crippen molar-refractivity contribution in [1.29, 1.82) is 0 Å². The lowest BCUT2D eigenvalue weighted by atomic mass is 9.85. The van der Waals surface area contributed by atoms with Crippen molar-refractivity contribution in [2.45, 2.75) is 101 Å². The van der Waals surface area contributed by atoms with Crippen molar-refractivity contribution in [2.75, 3.05) is 27.3 Å². The molecule has 2 aliphatic carbocycles. The Morgan fingerprint density at radius 2 is 0.933 bits per heavy atom. The van der Waals surface area contributed by atoms with Crippen LogP contribution < -0.4 is 10.6 Å². The van der Waals surface area contributed by atoms with E-state index in [1.54, 1.807) is 0 Å². The molecular formula is C46H54N8O6. The van der Waals surface area contributed by atoms with Crippen LogP contribution in [0.4, 0.5) is 9.59 Å². The van der Waals surface area contributed by atoms with Crippen LogP contribution in [0.5, 0.6) is 0 Å². The fourth-order valence-corrected chi connectivity index (χ4v) is 10.1. The van der Waals surface area contributed by atoms with Gasteiger partial charge >= 0.3 is 12.2 Å². The number of fused-ring (bicyclic) bond motifs is 2. The van der Waals surface area contributed by atoms with Crippen LogP contribution in [0.15, 0.2) is 60.7 Å². The molecule has 9 rings (SSSR count). The Morgan fingerprint density at radius 1 is 0.550 bits per heavy atom. The van der Waals surface area contributed by atoms with Crippen LogP contribution in [0.1, 0.15) is 101 Å². The fourth-order valence-electron chi connectivity index (χ4n) is 10.1. The lowest BCUT2D eigenvalue weighted by Crippen LogP contribution is -2.42. The Hall–Kier alpha value is -5.92. The number of nitrogens with one attached hydrogen (secondary N) is 4. The molecule has 3 aromatic carbocycles. The summed E-state index contributed by atoms with van der Waals surface area (Å²) in [5.74, 6) is 1.97. The van der Waals surface area contributed by atoms with Gasteiger partial charge in [0.05, 0.1) is 48.4 Å². The van der Waals surface area contributed by atoms with E-state index in [1.165, 1.54) is 14.2 Å². The molecule has 0 bridgehead atoms. The summed E-state index contributed by atoms with van der Waals surface area (Å²) in [6.45, 7) is 1.46. The van der Waals surface area contributed by atoms with Crippen molar-refractivity contribution >= 4 is 46.1 Å². The third-order valence-electron chi connectivity index (χ3n) is 13.4. The minimum absolute atomic E-state index is 0.0408. The molecule has 0 unspecified atom stereocenters. The van der Waals surface area contributed by atoms with E-state index >= 15 is 0 Å². The van der Waals surface area contributed by atoms with E-state index in [-0.39, 0.29) is 47.8 Å². The summed E-state index contributed by atoms with van der Waals surface area (Å²) in [6.07, 6.45) is 8.91. The molecule has 2 aromatic heterocycles. The Morgan fingerprint density at radius 3 is 1.32 bits per heavy atom. The van der Waals surface area contributed by atoms with E-state index in [2.05, 4.69) is 69.1 Å². The molecule has 5 aromatic rings. The summed E-state index contributed by atoms with van der Waals surface area (Å²) < 4.78 is 9.50. The molecule has 0 spiro atoms. The minimum atomic E-state index is -0.417. The van der Waals surface area contributed by atoms with Gasteiger partial charge in [0.25, 0.3) is 0 Å². The standard InChI is InChI=1S/C46H54N8O6/c1-59-45(57)47-33-17-11-29(12-18-33)43(55)53-23-3-5-39(53)41-49-35-21-15-31(25-37(35)51-41)27-7-9-28(10-8-27)32-16-22-36-38(26-32)52-42(50-36)40-6-4-24-54(40)44(56)30-13-19-34(20-14-30)48-46(58)60-2/h7-10,15-16,21-22,25-26,29-30,33-34,39-40H,3-6,11-14,17-20,23-24H2,1-2H3,(H,47,57)(H,48,58)(H,49,51)(H,50,52)/t29?,30?,33?,34?,39-,40-/m0/s1. The number of hydrogen-bond acceptors (Lipinski definition) is 8. The first-order valence-electron chi connectivity index (χ1n) is 21.6. The Bertz CT molecular complexity index is 2210. The van der Waals surface area contributed by atoms with E-state index in [1.807, 2.05) is 21.9 Å². The SMILES string of the molecule is COC(=O)NC1CCC(C(=O)N2CCC[C@H]2c2nc3ccc(-c4ccc(-c5ccc6nc([C@@H]7CCCN7C(=O)C7CCC(NC(=O)OC)CC7)[nH]c6c5)cc4)cc3[nH]2)CC1. The Labute approximate surface area is 349 Å². The summed E-state index contributed by atoms with van der Waals surface area (Å²) in [5, 5.41) is 5.76. The number of aromatic nitrogens is 4. The molecule has 4 heterocycles. The number of hydrogen-bond donors (Lipinski definition) is 4. The van der Waals surface area contributed by atoms with Gasteiger partial charge in [-0.25, -0.2) is 19.6 Å². The number of H-pyrrole nitrogens is 2. The number of alkyl carbamates (subject to hydrolysis) is 2. The van der Waals surface area contributed by atoms with Crippen molar-refractivity contribution < 1.29 is 28.7 Å². The number of amides is 4. The van der Waals surface area contributed by atoms with Crippen LogP contribution in [-0.4, -0.2) is 93.1 Å². The molecule has 2 saturated heterocycles. The fraction of sp³-hybridized carbons (Fsp3) is 0.478. The van der Waals surface area contributed by atoms with Gasteiger partial charge in [0.15, 0.2) is 0 Å². The molecule has 2 saturated carbocycles. The highest BCUT2D eigenvalue weighted by Gasteiger charge is 2.39. The van der Waals surface area contributed by atoms with Crippen LogP contribution in [0.3, 0.4) is 0 Å². The van der Waals surface area contributed by atoms with Gasteiger partial charge < -0.3 is 39.9 Å². The van der Waals surface area contributed by atoms with Gasteiger partial charge in [-0.2, -0.15) is 0 Å². The van der Waals surface area contributed by atoms with Crippen molar-refractivity contribution in [1.82, 2.24) is 40.4 Å². The van der Waals surface area contributed by atoms with Gasteiger partial charge in [-0.15, -0.1) is 0 Å². The predicted molar refractivity (Wildman–Crippen MR) is 227 cm³/mol. The molecule has 4 aliphatic rings. The molecule has 14 heteroatoms. The summed E-state index contributed by atoms with van der Waals surface area (Å²) in [7, 11) is 2.74. The van der Waals surface area contributed by atoms with Crippen LogP contribution >= 0.6 is 0 Å². The number of methoxy groups -OCH3 is 2. The molecule has 0 radical (unpaired) electrons. The average Bonchev–Trinajstić information content (AvgIpc) is 4.12. The van der Waals surface area contributed by atoms with Gasteiger partial charge in [-0.05, 0) is 124 Å². The van der Waals surface area contributed by atoms with E-state index in [4.69, 9.17) is 19.4 Å². The van der Waals surface area contributed by atoms with Crippen molar-refractivity contribution in [3.8, 4) is 22.3 Å². The lowest BCUT2D eigenvalue weighted by Gasteiger charge is -2.32. The zero-order valence-corrected chi connectivity index (χ0v) is 34.4. The summed E-state index contributed by atoms with van der Waals surface area (Å²) >= 11 is 0. The monoisotopic (exact) mass is 814 g/mol. The smallest absolute Gasteiger partial charge is 0.407 e. The Kier molecular flexibility index (Phi) is 11.2. The number of carbonyl (C=O) groups is 4. The number of aromatic amines is 2. The number of carbonyl (C=O) groups excluding carboxylic acids is 4. The lowest BCUT2D eigenvalue weighted by molar-refractivity contribution is -0.138. The predicted octanol–water partition coefficient (Wildman–Crippen LogP) is 7.93. The van der Waals surface area contributed by atoms with Crippen molar-refractivity contribution in [2.24, 2.45) is 11.8 Å². The molecule has 314 valence electrons. The molecule has 2 aliphatic heterocycles. The first-order valence-corrected chi connectivity index (χ1v) is 21.6. The quantitative estimate of drug-likeness (QED) is 0.122. The second kappa shape index (κ2) is 17.0. The second-order valence-corrected chi connectivity index (χ2v) is 17.0. The topological polar surface area (TPSA) is 175 Å². The first kappa shape index (κ1) is 39.5. The maximum atomic E-state index is 13.7. The van der Waals surface area contributed by atoms with E-state index in [0.717, 1.165) is 146 Å². The largest absolute Gasteiger partial charge is 0.453 e. The number of benzene rings is 3. The highest BCUT2D eigenvalue weighted by Crippen LogP contribution is 2.38. The second-order valence-electron chi connectivity index (χ2n) is 17.0. The highest BCUT2D eigenvalue weighted by molar-refractivity contribution is 5.86. The average molecular weight is 815 g/mol. The molecule has 4 N–H and O–H groups in total. The van der Waals surface area contributed by atoms with E-state index in [0.29, 0.717) is 0 Å². The van der Waals surface area contributed by atoms with Crippen LogP contribution in [-0.2, 0) is 19.1 Å². The molecule has 4 fully saturated rings. The van der Waals surface area contributed by atoms with Crippen molar-refractivity contribution in [3.05, 3.63) is 72.3 Å². The molecule has 60 heavy (non-hydrogen) atoms. The summed E-state index contributed by atoms with van der Waals surface area (Å²) in [4.78, 5) is 71.9. The van der Waals surface area contributed by atoms with Crippen LogP contribution in [0, 0.1) is 11.8 Å². The Balaban J connectivity index is 0.844. The normalized spacial score (nSPS) is 24.4. The number of ether oxygens (including phenoxy) is 2. The summed E-state index contributed by atoms with van der Waals surface area (Å²) in [5.41, 5.74) is 8.01. The maximum absolute atomic E-state index is 13.7. The number of nitrogens with zero attached hydrogens (tertiary/aromatic N) is 4. The van der Waals surface area contributed by atoms with Gasteiger partial charge in [-0.3, -0.25) is 9.59 Å². The van der Waals surface area contributed by atoms with Gasteiger partial charge in [0, 0.05) is 37.0 Å². The molecular weight excluding hydrogens is 761 g/mol. The zero-order chi connectivity index (χ0) is 41.3. The molecule has 14 nitrogen and oxygen atoms in total. The van der Waals surface area contributed by atoms with Gasteiger partial charge in [0.1, 0.15) is 11.6 Å². The molecule has 2 atom stereocenters. The number of likely N-dealkylation sites (tertiary alicyclic amines) is 2. The minimum Gasteiger partial charge on any atom is -0.453 e. The number of rotatable bonds is 8. The third-order valence-corrected chi connectivity index (χ3v) is 13.4. The number of imidazole rings is 2.